The SMILES string of the molecule is Nc1cc(Br)ccc1SCC1CCC2(CCCC2)O1. The van der Waals surface area contributed by atoms with E-state index in [0.717, 1.165) is 15.9 Å². The van der Waals surface area contributed by atoms with Crippen molar-refractivity contribution in [2.24, 2.45) is 0 Å². The average Bonchev–Trinajstić information content (AvgIpc) is 2.99. The number of anilines is 1. The van der Waals surface area contributed by atoms with Crippen molar-refractivity contribution >= 4 is 33.4 Å². The molecule has 19 heavy (non-hydrogen) atoms. The predicted molar refractivity (Wildman–Crippen MR) is 84.6 cm³/mol. The maximum atomic E-state index is 6.32. The summed E-state index contributed by atoms with van der Waals surface area (Å²) in [5.74, 6) is 1.02. The third-order valence-electron chi connectivity index (χ3n) is 4.25. The van der Waals surface area contributed by atoms with Gasteiger partial charge in [-0.2, -0.15) is 0 Å². The van der Waals surface area contributed by atoms with Crippen LogP contribution in [0.25, 0.3) is 0 Å². The lowest BCUT2D eigenvalue weighted by Gasteiger charge is -2.23. The molecule has 2 nitrogen and oxygen atoms in total. The Bertz CT molecular complexity index is 459. The van der Waals surface area contributed by atoms with E-state index in [1.54, 1.807) is 0 Å². The number of ether oxygens (including phenoxy) is 1. The van der Waals surface area contributed by atoms with Crippen molar-refractivity contribution in [1.29, 1.82) is 0 Å². The van der Waals surface area contributed by atoms with Gasteiger partial charge in [0.1, 0.15) is 0 Å². The van der Waals surface area contributed by atoms with Gasteiger partial charge >= 0.3 is 0 Å². The first-order valence-electron chi connectivity index (χ1n) is 7.03. The van der Waals surface area contributed by atoms with Crippen molar-refractivity contribution in [3.8, 4) is 0 Å². The summed E-state index contributed by atoms with van der Waals surface area (Å²) in [6.45, 7) is 0. The van der Waals surface area contributed by atoms with Crippen LogP contribution in [0, 0.1) is 0 Å². The second-order valence-electron chi connectivity index (χ2n) is 5.66. The maximum absolute atomic E-state index is 6.32. The number of benzene rings is 1. The highest BCUT2D eigenvalue weighted by Crippen LogP contribution is 2.44. The Morgan fingerprint density at radius 3 is 2.84 bits per heavy atom. The molecule has 0 aromatic heterocycles. The summed E-state index contributed by atoms with van der Waals surface area (Å²) in [6, 6.07) is 6.10. The van der Waals surface area contributed by atoms with E-state index in [-0.39, 0.29) is 5.60 Å². The Morgan fingerprint density at radius 1 is 1.32 bits per heavy atom. The summed E-state index contributed by atoms with van der Waals surface area (Å²) in [5.41, 5.74) is 7.13. The highest BCUT2D eigenvalue weighted by Gasteiger charge is 2.41. The molecule has 1 aromatic carbocycles. The number of rotatable bonds is 3. The van der Waals surface area contributed by atoms with Crippen molar-refractivity contribution in [1.82, 2.24) is 0 Å². The first kappa shape index (κ1) is 13.8. The van der Waals surface area contributed by atoms with Crippen molar-refractivity contribution in [3.05, 3.63) is 22.7 Å². The van der Waals surface area contributed by atoms with Crippen molar-refractivity contribution in [2.75, 3.05) is 11.5 Å². The van der Waals surface area contributed by atoms with Crippen molar-refractivity contribution in [2.45, 2.75) is 55.1 Å². The van der Waals surface area contributed by atoms with E-state index in [4.69, 9.17) is 10.5 Å². The molecular weight excluding hydrogens is 322 g/mol. The fourth-order valence-corrected chi connectivity index (χ4v) is 4.60. The van der Waals surface area contributed by atoms with Crippen LogP contribution >= 0.6 is 27.7 Å². The summed E-state index contributed by atoms with van der Waals surface area (Å²) in [7, 11) is 0. The van der Waals surface area contributed by atoms with Crippen LogP contribution in [-0.4, -0.2) is 17.5 Å². The van der Waals surface area contributed by atoms with Gasteiger partial charge in [-0.3, -0.25) is 0 Å². The summed E-state index contributed by atoms with van der Waals surface area (Å²) in [6.07, 6.45) is 8.12. The molecule has 0 radical (unpaired) electrons. The van der Waals surface area contributed by atoms with Crippen LogP contribution < -0.4 is 5.73 Å². The zero-order chi connectivity index (χ0) is 13.3. The van der Waals surface area contributed by atoms with E-state index >= 15 is 0 Å². The van der Waals surface area contributed by atoms with Crippen LogP contribution in [0.3, 0.4) is 0 Å². The molecule has 1 heterocycles. The minimum Gasteiger partial charge on any atom is -0.398 e. The molecule has 2 N–H and O–H groups in total. The summed E-state index contributed by atoms with van der Waals surface area (Å²) in [5, 5.41) is 0. The van der Waals surface area contributed by atoms with Gasteiger partial charge < -0.3 is 10.5 Å². The summed E-state index contributed by atoms with van der Waals surface area (Å²) < 4.78 is 7.36. The van der Waals surface area contributed by atoms with E-state index in [1.807, 2.05) is 23.9 Å². The monoisotopic (exact) mass is 341 g/mol. The molecule has 0 bridgehead atoms. The van der Waals surface area contributed by atoms with Crippen LogP contribution in [0.4, 0.5) is 5.69 Å². The van der Waals surface area contributed by atoms with Gasteiger partial charge in [0, 0.05) is 20.8 Å². The Balaban J connectivity index is 1.55. The van der Waals surface area contributed by atoms with Gasteiger partial charge in [-0.1, -0.05) is 28.8 Å². The van der Waals surface area contributed by atoms with Crippen LogP contribution in [0.2, 0.25) is 0 Å². The average molecular weight is 342 g/mol. The summed E-state index contributed by atoms with van der Waals surface area (Å²) >= 11 is 5.26. The van der Waals surface area contributed by atoms with Crippen LogP contribution in [0.1, 0.15) is 38.5 Å². The fourth-order valence-electron chi connectivity index (χ4n) is 3.23. The van der Waals surface area contributed by atoms with E-state index < -0.39 is 0 Å². The summed E-state index contributed by atoms with van der Waals surface area (Å²) in [4.78, 5) is 1.17. The second kappa shape index (κ2) is 5.66. The van der Waals surface area contributed by atoms with Crippen molar-refractivity contribution < 1.29 is 4.74 Å². The van der Waals surface area contributed by atoms with E-state index in [1.165, 1.54) is 43.4 Å². The highest BCUT2D eigenvalue weighted by atomic mass is 79.9. The zero-order valence-corrected chi connectivity index (χ0v) is 13.4. The Morgan fingerprint density at radius 2 is 2.11 bits per heavy atom. The van der Waals surface area contributed by atoms with Gasteiger partial charge in [0.15, 0.2) is 0 Å². The lowest BCUT2D eigenvalue weighted by molar-refractivity contribution is -0.0267. The lowest BCUT2D eigenvalue weighted by Crippen LogP contribution is -2.25. The minimum absolute atomic E-state index is 0.247. The van der Waals surface area contributed by atoms with Crippen LogP contribution in [0.15, 0.2) is 27.6 Å². The Kier molecular flexibility index (Phi) is 4.11. The molecule has 1 atom stereocenters. The molecule has 0 amide bonds. The molecule has 1 saturated heterocycles. The molecule has 2 fully saturated rings. The predicted octanol–water partition coefficient (Wildman–Crippen LogP) is 4.62. The molecule has 1 aliphatic heterocycles. The number of nitrogens with two attached hydrogens (primary N) is 1. The molecule has 3 rings (SSSR count). The van der Waals surface area contributed by atoms with Gasteiger partial charge in [-0.25, -0.2) is 0 Å². The second-order valence-corrected chi connectivity index (χ2v) is 7.64. The third-order valence-corrected chi connectivity index (χ3v) is 5.96. The molecule has 2 aliphatic rings. The molecule has 1 aliphatic carbocycles. The Hall–Kier alpha value is -0.190. The lowest BCUT2D eigenvalue weighted by atomic mass is 9.98. The number of hydrogen-bond donors (Lipinski definition) is 1. The number of thioether (sulfide) groups is 1. The van der Waals surface area contributed by atoms with Crippen LogP contribution in [0.5, 0.6) is 0 Å². The van der Waals surface area contributed by atoms with E-state index in [0.29, 0.717) is 6.10 Å². The van der Waals surface area contributed by atoms with Crippen LogP contribution in [-0.2, 0) is 4.74 Å². The molecule has 1 aromatic rings. The maximum Gasteiger partial charge on any atom is 0.0687 e. The minimum atomic E-state index is 0.247. The number of nitrogen functional groups attached to an aromatic ring is 1. The first-order chi connectivity index (χ1) is 9.17. The molecular formula is C15H20BrNOS. The normalized spacial score (nSPS) is 25.2. The van der Waals surface area contributed by atoms with Crippen molar-refractivity contribution in [3.63, 3.8) is 0 Å². The van der Waals surface area contributed by atoms with Gasteiger partial charge in [0.25, 0.3) is 0 Å². The molecule has 4 heteroatoms. The quantitative estimate of drug-likeness (QED) is 0.643. The Labute approximate surface area is 127 Å². The largest absolute Gasteiger partial charge is 0.398 e. The number of hydrogen-bond acceptors (Lipinski definition) is 3. The smallest absolute Gasteiger partial charge is 0.0687 e. The fraction of sp³-hybridized carbons (Fsp3) is 0.600. The standard InChI is InChI=1S/C15H20BrNOS/c16-11-3-4-14(13(17)9-11)19-10-12-5-8-15(18-12)6-1-2-7-15/h3-4,9,12H,1-2,5-8,10,17H2. The van der Waals surface area contributed by atoms with Gasteiger partial charge in [-0.15, -0.1) is 11.8 Å². The molecule has 104 valence electrons. The van der Waals surface area contributed by atoms with Gasteiger partial charge in [-0.05, 0) is 43.9 Å². The zero-order valence-electron chi connectivity index (χ0n) is 11.0. The topological polar surface area (TPSA) is 35.2 Å². The number of halogens is 1. The molecule has 1 saturated carbocycles. The highest BCUT2D eigenvalue weighted by molar-refractivity contribution is 9.10. The van der Waals surface area contributed by atoms with E-state index in [9.17, 15) is 0 Å². The van der Waals surface area contributed by atoms with Gasteiger partial charge in [0.05, 0.1) is 11.7 Å². The third kappa shape index (κ3) is 3.11. The molecule has 1 unspecified atom stereocenters. The molecule has 1 spiro atoms. The first-order valence-corrected chi connectivity index (χ1v) is 8.80. The van der Waals surface area contributed by atoms with E-state index in [2.05, 4.69) is 22.0 Å². The van der Waals surface area contributed by atoms with Gasteiger partial charge in [0.2, 0.25) is 0 Å².